The first-order valence-electron chi connectivity index (χ1n) is 6.62. The highest BCUT2D eigenvalue weighted by Gasteiger charge is 2.32. The summed E-state index contributed by atoms with van der Waals surface area (Å²) >= 11 is 0. The highest BCUT2D eigenvalue weighted by molar-refractivity contribution is 7.85. The Morgan fingerprint density at radius 1 is 1.33 bits per heavy atom. The average Bonchev–Trinajstić information content (AvgIpc) is 2.84. The molecule has 0 spiro atoms. The minimum absolute atomic E-state index is 0.169. The van der Waals surface area contributed by atoms with E-state index in [1.807, 2.05) is 0 Å². The summed E-state index contributed by atoms with van der Waals surface area (Å²) in [6, 6.07) is 6.39. The maximum Gasteiger partial charge on any atom is 0.123 e. The van der Waals surface area contributed by atoms with Crippen molar-refractivity contribution in [3.05, 3.63) is 30.1 Å². The van der Waals surface area contributed by atoms with Crippen LogP contribution < -0.4 is 5.32 Å². The van der Waals surface area contributed by atoms with Crippen LogP contribution in [0.5, 0.6) is 0 Å². The standard InChI is InChI=1S/C14H20FNOS/c1-2-10-16-13-4-3-5-14(13)18(17)12-8-6-11(15)7-9-12/h6-9,13-14,16H,2-5,10H2,1H3. The molecule has 1 aromatic carbocycles. The second-order valence-corrected chi connectivity index (χ2v) is 6.45. The summed E-state index contributed by atoms with van der Waals surface area (Å²) in [5.41, 5.74) is 0. The summed E-state index contributed by atoms with van der Waals surface area (Å²) in [4.78, 5) is 0.742. The predicted molar refractivity (Wildman–Crippen MR) is 72.5 cm³/mol. The second-order valence-electron chi connectivity index (χ2n) is 4.78. The third-order valence-corrected chi connectivity index (χ3v) is 5.28. The smallest absolute Gasteiger partial charge is 0.123 e. The zero-order valence-electron chi connectivity index (χ0n) is 10.7. The van der Waals surface area contributed by atoms with Crippen LogP contribution in [-0.2, 0) is 10.8 Å². The normalized spacial score (nSPS) is 25.2. The van der Waals surface area contributed by atoms with Crippen LogP contribution in [0, 0.1) is 5.82 Å². The molecule has 0 heterocycles. The van der Waals surface area contributed by atoms with Crippen molar-refractivity contribution in [1.29, 1.82) is 0 Å². The zero-order chi connectivity index (χ0) is 13.0. The van der Waals surface area contributed by atoms with Crippen molar-refractivity contribution in [1.82, 2.24) is 5.32 Å². The van der Waals surface area contributed by atoms with E-state index in [1.54, 1.807) is 12.1 Å². The van der Waals surface area contributed by atoms with Crippen molar-refractivity contribution >= 4 is 10.8 Å². The van der Waals surface area contributed by atoms with Gasteiger partial charge in [0.05, 0.1) is 16.0 Å². The van der Waals surface area contributed by atoms with Crippen LogP contribution in [0.3, 0.4) is 0 Å². The molecule has 0 amide bonds. The molecule has 1 aliphatic carbocycles. The predicted octanol–water partition coefficient (Wildman–Crippen LogP) is 2.85. The SMILES string of the molecule is CCCNC1CCCC1S(=O)c1ccc(F)cc1. The van der Waals surface area contributed by atoms with Gasteiger partial charge in [-0.2, -0.15) is 0 Å². The third kappa shape index (κ3) is 3.18. The van der Waals surface area contributed by atoms with Crippen LogP contribution in [0.25, 0.3) is 0 Å². The topological polar surface area (TPSA) is 29.1 Å². The van der Waals surface area contributed by atoms with Gasteiger partial charge in [-0.1, -0.05) is 13.3 Å². The van der Waals surface area contributed by atoms with Gasteiger partial charge in [-0.15, -0.1) is 0 Å². The Labute approximate surface area is 110 Å². The summed E-state index contributed by atoms with van der Waals surface area (Å²) in [6.45, 7) is 3.11. The fourth-order valence-corrected chi connectivity index (χ4v) is 4.15. The molecular formula is C14H20FNOS. The molecule has 0 radical (unpaired) electrons. The van der Waals surface area contributed by atoms with Crippen LogP contribution >= 0.6 is 0 Å². The second kappa shape index (κ2) is 6.43. The molecule has 0 aliphatic heterocycles. The van der Waals surface area contributed by atoms with Crippen molar-refractivity contribution in [2.75, 3.05) is 6.54 Å². The van der Waals surface area contributed by atoms with Crippen LogP contribution in [0.2, 0.25) is 0 Å². The Bertz CT molecular complexity index is 407. The van der Waals surface area contributed by atoms with Gasteiger partial charge in [0.2, 0.25) is 0 Å². The Morgan fingerprint density at radius 2 is 2.06 bits per heavy atom. The molecule has 0 aromatic heterocycles. The number of halogens is 1. The van der Waals surface area contributed by atoms with Gasteiger partial charge >= 0.3 is 0 Å². The van der Waals surface area contributed by atoms with Gasteiger partial charge in [0.15, 0.2) is 0 Å². The molecule has 0 bridgehead atoms. The van der Waals surface area contributed by atoms with Crippen LogP contribution in [0.4, 0.5) is 4.39 Å². The maximum atomic E-state index is 12.9. The monoisotopic (exact) mass is 269 g/mol. The minimum Gasteiger partial charge on any atom is -0.313 e. The summed E-state index contributed by atoms with van der Waals surface area (Å²) in [5, 5.41) is 3.64. The van der Waals surface area contributed by atoms with Crippen molar-refractivity contribution in [2.45, 2.75) is 48.8 Å². The molecule has 4 heteroatoms. The van der Waals surface area contributed by atoms with Crippen LogP contribution in [0.15, 0.2) is 29.2 Å². The molecule has 1 N–H and O–H groups in total. The van der Waals surface area contributed by atoms with E-state index >= 15 is 0 Å². The fourth-order valence-electron chi connectivity index (χ4n) is 2.49. The number of nitrogens with one attached hydrogen (secondary N) is 1. The lowest BCUT2D eigenvalue weighted by molar-refractivity contribution is 0.523. The summed E-state index contributed by atoms with van der Waals surface area (Å²) in [5.74, 6) is -0.275. The first-order chi connectivity index (χ1) is 8.72. The lowest BCUT2D eigenvalue weighted by atomic mass is 10.2. The molecule has 1 aromatic rings. The zero-order valence-corrected chi connectivity index (χ0v) is 11.5. The number of hydrogen-bond donors (Lipinski definition) is 1. The van der Waals surface area contributed by atoms with Crippen molar-refractivity contribution in [3.63, 3.8) is 0 Å². The van der Waals surface area contributed by atoms with E-state index in [0.29, 0.717) is 6.04 Å². The van der Waals surface area contributed by atoms with E-state index in [1.165, 1.54) is 12.1 Å². The van der Waals surface area contributed by atoms with E-state index < -0.39 is 10.8 Å². The van der Waals surface area contributed by atoms with E-state index in [2.05, 4.69) is 12.2 Å². The van der Waals surface area contributed by atoms with Crippen LogP contribution in [-0.4, -0.2) is 22.0 Å². The largest absolute Gasteiger partial charge is 0.313 e. The average molecular weight is 269 g/mol. The van der Waals surface area contributed by atoms with Crippen LogP contribution in [0.1, 0.15) is 32.6 Å². The lowest BCUT2D eigenvalue weighted by Gasteiger charge is -2.20. The molecule has 0 saturated heterocycles. The highest BCUT2D eigenvalue weighted by Crippen LogP contribution is 2.27. The first-order valence-corrected chi connectivity index (χ1v) is 7.83. The molecule has 1 saturated carbocycles. The molecule has 100 valence electrons. The molecular weight excluding hydrogens is 249 g/mol. The fraction of sp³-hybridized carbons (Fsp3) is 0.571. The van der Waals surface area contributed by atoms with E-state index in [4.69, 9.17) is 0 Å². The van der Waals surface area contributed by atoms with Crippen molar-refractivity contribution in [3.8, 4) is 0 Å². The molecule has 2 nitrogen and oxygen atoms in total. The van der Waals surface area contributed by atoms with E-state index in [-0.39, 0.29) is 11.1 Å². The Hall–Kier alpha value is -0.740. The van der Waals surface area contributed by atoms with Gasteiger partial charge in [-0.25, -0.2) is 4.39 Å². The van der Waals surface area contributed by atoms with E-state index in [9.17, 15) is 8.60 Å². The summed E-state index contributed by atoms with van der Waals surface area (Å²) in [6.07, 6.45) is 4.30. The van der Waals surface area contributed by atoms with Gasteiger partial charge in [0, 0.05) is 10.9 Å². The summed E-state index contributed by atoms with van der Waals surface area (Å²) in [7, 11) is -1.03. The van der Waals surface area contributed by atoms with Gasteiger partial charge in [-0.05, 0) is 50.1 Å². The molecule has 2 rings (SSSR count). The molecule has 3 atom stereocenters. The Kier molecular flexibility index (Phi) is 4.89. The number of benzene rings is 1. The molecule has 3 unspecified atom stereocenters. The molecule has 18 heavy (non-hydrogen) atoms. The van der Waals surface area contributed by atoms with Crippen molar-refractivity contribution in [2.24, 2.45) is 0 Å². The van der Waals surface area contributed by atoms with Gasteiger partial charge in [0.1, 0.15) is 5.82 Å². The lowest BCUT2D eigenvalue weighted by Crippen LogP contribution is -2.38. The Morgan fingerprint density at radius 3 is 2.72 bits per heavy atom. The highest BCUT2D eigenvalue weighted by atomic mass is 32.2. The van der Waals surface area contributed by atoms with Gasteiger partial charge < -0.3 is 5.32 Å². The quantitative estimate of drug-likeness (QED) is 0.890. The maximum absolute atomic E-state index is 12.9. The van der Waals surface area contributed by atoms with Gasteiger partial charge in [-0.3, -0.25) is 4.21 Å². The minimum atomic E-state index is -1.03. The number of hydrogen-bond acceptors (Lipinski definition) is 2. The van der Waals surface area contributed by atoms with Gasteiger partial charge in [0.25, 0.3) is 0 Å². The third-order valence-electron chi connectivity index (χ3n) is 3.43. The molecule has 1 fully saturated rings. The Balaban J connectivity index is 2.05. The van der Waals surface area contributed by atoms with Crippen molar-refractivity contribution < 1.29 is 8.60 Å². The number of rotatable bonds is 5. The molecule has 1 aliphatic rings. The first kappa shape index (κ1) is 13.7. The van der Waals surface area contributed by atoms with E-state index in [0.717, 1.165) is 37.1 Å². The summed E-state index contributed by atoms with van der Waals surface area (Å²) < 4.78 is 25.3.